The van der Waals surface area contributed by atoms with Crippen LogP contribution < -0.4 is 5.32 Å². The SMILES string of the molecule is C[C@@H](C#N)NC(=O)C1CCCSC1. The Kier molecular flexibility index (Phi) is 4.10. The molecule has 1 aliphatic rings. The highest BCUT2D eigenvalue weighted by Crippen LogP contribution is 2.22. The van der Waals surface area contributed by atoms with Crippen LogP contribution in [-0.2, 0) is 4.79 Å². The van der Waals surface area contributed by atoms with E-state index in [2.05, 4.69) is 5.32 Å². The van der Waals surface area contributed by atoms with Crippen LogP contribution in [0.2, 0.25) is 0 Å². The molecule has 1 rings (SSSR count). The molecule has 1 saturated heterocycles. The molecule has 0 aromatic rings. The van der Waals surface area contributed by atoms with Gasteiger partial charge in [0.1, 0.15) is 6.04 Å². The lowest BCUT2D eigenvalue weighted by Gasteiger charge is -2.20. The molecule has 0 aromatic carbocycles. The van der Waals surface area contributed by atoms with E-state index in [4.69, 9.17) is 5.26 Å². The van der Waals surface area contributed by atoms with Crippen molar-refractivity contribution in [2.24, 2.45) is 5.92 Å². The number of nitriles is 1. The van der Waals surface area contributed by atoms with E-state index in [1.807, 2.05) is 17.8 Å². The molecule has 0 saturated carbocycles. The highest BCUT2D eigenvalue weighted by atomic mass is 32.2. The van der Waals surface area contributed by atoms with Crippen LogP contribution in [0.5, 0.6) is 0 Å². The highest BCUT2D eigenvalue weighted by molar-refractivity contribution is 7.99. The molecule has 0 aliphatic carbocycles. The Bertz CT molecular complexity index is 218. The fraction of sp³-hybridized carbons (Fsp3) is 0.778. The van der Waals surface area contributed by atoms with Gasteiger partial charge in [0.05, 0.1) is 6.07 Å². The first-order chi connectivity index (χ1) is 6.24. The number of carbonyl (C=O) groups excluding carboxylic acids is 1. The van der Waals surface area contributed by atoms with Crippen LogP contribution in [0, 0.1) is 17.2 Å². The van der Waals surface area contributed by atoms with Crippen LogP contribution in [0.1, 0.15) is 19.8 Å². The van der Waals surface area contributed by atoms with Gasteiger partial charge in [0.25, 0.3) is 0 Å². The first-order valence-electron chi connectivity index (χ1n) is 4.51. The van der Waals surface area contributed by atoms with E-state index in [0.717, 1.165) is 24.3 Å². The van der Waals surface area contributed by atoms with Crippen LogP contribution in [0.4, 0.5) is 0 Å². The molecular weight excluding hydrogens is 184 g/mol. The summed E-state index contributed by atoms with van der Waals surface area (Å²) in [6.07, 6.45) is 2.08. The molecule has 1 unspecified atom stereocenters. The second-order valence-corrected chi connectivity index (χ2v) is 4.42. The summed E-state index contributed by atoms with van der Waals surface area (Å²) in [4.78, 5) is 11.5. The van der Waals surface area contributed by atoms with Gasteiger partial charge in [-0.15, -0.1) is 0 Å². The minimum atomic E-state index is -0.362. The summed E-state index contributed by atoms with van der Waals surface area (Å²) in [5.41, 5.74) is 0. The van der Waals surface area contributed by atoms with Gasteiger partial charge in [0.2, 0.25) is 5.91 Å². The fourth-order valence-electron chi connectivity index (χ4n) is 1.31. The van der Waals surface area contributed by atoms with E-state index in [-0.39, 0.29) is 17.9 Å². The number of rotatable bonds is 2. The summed E-state index contributed by atoms with van der Waals surface area (Å²) >= 11 is 1.82. The molecule has 1 aliphatic heterocycles. The van der Waals surface area contributed by atoms with Gasteiger partial charge in [0, 0.05) is 11.7 Å². The van der Waals surface area contributed by atoms with Crippen molar-refractivity contribution in [1.82, 2.24) is 5.32 Å². The number of thioether (sulfide) groups is 1. The lowest BCUT2D eigenvalue weighted by molar-refractivity contribution is -0.124. The van der Waals surface area contributed by atoms with Gasteiger partial charge in [0.15, 0.2) is 0 Å². The van der Waals surface area contributed by atoms with Crippen LogP contribution in [0.25, 0.3) is 0 Å². The van der Waals surface area contributed by atoms with Crippen molar-refractivity contribution >= 4 is 17.7 Å². The van der Waals surface area contributed by atoms with Crippen molar-refractivity contribution in [3.63, 3.8) is 0 Å². The number of nitrogens with one attached hydrogen (secondary N) is 1. The summed E-state index contributed by atoms with van der Waals surface area (Å²) in [6, 6.07) is 1.63. The summed E-state index contributed by atoms with van der Waals surface area (Å²) < 4.78 is 0. The predicted molar refractivity (Wildman–Crippen MR) is 53.3 cm³/mol. The topological polar surface area (TPSA) is 52.9 Å². The second kappa shape index (κ2) is 5.13. The molecule has 1 N–H and O–H groups in total. The Labute approximate surface area is 82.9 Å². The van der Waals surface area contributed by atoms with Crippen LogP contribution >= 0.6 is 11.8 Å². The quantitative estimate of drug-likeness (QED) is 0.724. The second-order valence-electron chi connectivity index (χ2n) is 3.27. The minimum absolute atomic E-state index is 0.0428. The first kappa shape index (κ1) is 10.4. The largest absolute Gasteiger partial charge is 0.340 e. The van der Waals surface area contributed by atoms with Crippen molar-refractivity contribution < 1.29 is 4.79 Å². The van der Waals surface area contributed by atoms with Gasteiger partial charge in [-0.1, -0.05) is 0 Å². The zero-order valence-electron chi connectivity index (χ0n) is 7.75. The normalized spacial score (nSPS) is 24.5. The standard InChI is InChI=1S/C9H14N2OS/c1-7(5-10)11-9(12)8-3-2-4-13-6-8/h7-8H,2-4,6H2,1H3,(H,11,12)/t7-,8?/m0/s1. The van der Waals surface area contributed by atoms with Crippen LogP contribution in [0.15, 0.2) is 0 Å². The molecule has 4 heteroatoms. The smallest absolute Gasteiger partial charge is 0.224 e. The molecule has 0 bridgehead atoms. The zero-order valence-corrected chi connectivity index (χ0v) is 8.56. The van der Waals surface area contributed by atoms with Gasteiger partial charge in [-0.05, 0) is 25.5 Å². The van der Waals surface area contributed by atoms with E-state index < -0.39 is 0 Å². The third-order valence-corrected chi connectivity index (χ3v) is 3.30. The van der Waals surface area contributed by atoms with E-state index in [1.54, 1.807) is 6.92 Å². The molecule has 13 heavy (non-hydrogen) atoms. The molecule has 1 amide bonds. The van der Waals surface area contributed by atoms with Gasteiger partial charge in [-0.25, -0.2) is 0 Å². The molecule has 0 spiro atoms. The van der Waals surface area contributed by atoms with Crippen molar-refractivity contribution in [1.29, 1.82) is 5.26 Å². The Morgan fingerprint density at radius 2 is 2.54 bits per heavy atom. The molecular formula is C9H14N2OS. The Hall–Kier alpha value is -0.690. The van der Waals surface area contributed by atoms with Crippen LogP contribution in [0.3, 0.4) is 0 Å². The van der Waals surface area contributed by atoms with Crippen LogP contribution in [-0.4, -0.2) is 23.5 Å². The molecule has 3 nitrogen and oxygen atoms in total. The number of amides is 1. The molecule has 1 heterocycles. The Balaban J connectivity index is 2.34. The van der Waals surface area contributed by atoms with Gasteiger partial charge < -0.3 is 5.32 Å². The molecule has 72 valence electrons. The summed E-state index contributed by atoms with van der Waals surface area (Å²) in [7, 11) is 0. The zero-order chi connectivity index (χ0) is 9.68. The molecule has 2 atom stereocenters. The molecule has 0 radical (unpaired) electrons. The Morgan fingerprint density at radius 1 is 1.77 bits per heavy atom. The summed E-state index contributed by atoms with van der Waals surface area (Å²) in [5, 5.41) is 11.2. The summed E-state index contributed by atoms with van der Waals surface area (Å²) in [5.74, 6) is 2.23. The van der Waals surface area contributed by atoms with E-state index in [0.29, 0.717) is 0 Å². The van der Waals surface area contributed by atoms with Gasteiger partial charge in [-0.3, -0.25) is 4.79 Å². The highest BCUT2D eigenvalue weighted by Gasteiger charge is 2.22. The average molecular weight is 198 g/mol. The van der Waals surface area contributed by atoms with E-state index in [9.17, 15) is 4.79 Å². The summed E-state index contributed by atoms with van der Waals surface area (Å²) in [6.45, 7) is 1.70. The maximum atomic E-state index is 11.5. The number of hydrogen-bond donors (Lipinski definition) is 1. The minimum Gasteiger partial charge on any atom is -0.340 e. The average Bonchev–Trinajstić information content (AvgIpc) is 2.19. The fourth-order valence-corrected chi connectivity index (χ4v) is 2.45. The first-order valence-corrected chi connectivity index (χ1v) is 5.67. The maximum Gasteiger partial charge on any atom is 0.224 e. The number of nitrogens with zero attached hydrogens (tertiary/aromatic N) is 1. The third-order valence-electron chi connectivity index (χ3n) is 2.08. The van der Waals surface area contributed by atoms with Crippen molar-refractivity contribution in [3.05, 3.63) is 0 Å². The molecule has 1 fully saturated rings. The number of hydrogen-bond acceptors (Lipinski definition) is 3. The van der Waals surface area contributed by atoms with E-state index >= 15 is 0 Å². The Morgan fingerprint density at radius 3 is 3.08 bits per heavy atom. The van der Waals surface area contributed by atoms with Gasteiger partial charge in [-0.2, -0.15) is 17.0 Å². The van der Waals surface area contributed by atoms with Crippen molar-refractivity contribution in [3.8, 4) is 6.07 Å². The maximum absolute atomic E-state index is 11.5. The monoisotopic (exact) mass is 198 g/mol. The number of carbonyl (C=O) groups is 1. The van der Waals surface area contributed by atoms with E-state index in [1.165, 1.54) is 0 Å². The van der Waals surface area contributed by atoms with Crippen molar-refractivity contribution in [2.45, 2.75) is 25.8 Å². The van der Waals surface area contributed by atoms with Gasteiger partial charge >= 0.3 is 0 Å². The lowest BCUT2D eigenvalue weighted by atomic mass is 10.0. The molecule has 0 aromatic heterocycles. The predicted octanol–water partition coefficient (Wildman–Crippen LogP) is 1.16. The lowest BCUT2D eigenvalue weighted by Crippen LogP contribution is -2.38. The van der Waals surface area contributed by atoms with Crippen molar-refractivity contribution in [2.75, 3.05) is 11.5 Å². The third kappa shape index (κ3) is 3.27.